The summed E-state index contributed by atoms with van der Waals surface area (Å²) in [6, 6.07) is 8.90. The Morgan fingerprint density at radius 3 is 2.28 bits per heavy atom. The molecule has 4 rings (SSSR count). The number of aromatic nitrogens is 4. The van der Waals surface area contributed by atoms with Crippen LogP contribution >= 0.6 is 0 Å². The molecule has 12 nitrogen and oxygen atoms in total. The minimum absolute atomic E-state index is 0.211. The first-order valence-electron chi connectivity index (χ1n) is 16.6. The summed E-state index contributed by atoms with van der Waals surface area (Å²) in [5, 5.41) is 11.2. The van der Waals surface area contributed by atoms with Crippen LogP contribution in [-0.2, 0) is 38.0 Å². The van der Waals surface area contributed by atoms with Gasteiger partial charge in [-0.1, -0.05) is 64.8 Å². The number of carbonyl (C=O) groups is 1. The summed E-state index contributed by atoms with van der Waals surface area (Å²) in [5.74, 6) is -1.90. The molecule has 2 saturated heterocycles. The molecule has 5 atom stereocenters. The summed E-state index contributed by atoms with van der Waals surface area (Å²) in [6.45, 7) is 21.1. The summed E-state index contributed by atoms with van der Waals surface area (Å²) < 4.78 is 60.6. The molecular weight excluding hydrogens is 641 g/mol. The van der Waals surface area contributed by atoms with E-state index in [0.717, 1.165) is 0 Å². The van der Waals surface area contributed by atoms with Crippen LogP contribution in [0, 0.1) is 5.92 Å². The Bertz CT molecular complexity index is 1470. The highest BCUT2D eigenvalue weighted by molar-refractivity contribution is 7.91. The van der Waals surface area contributed by atoms with Crippen molar-refractivity contribution in [2.45, 2.75) is 128 Å². The molecule has 0 aliphatic carbocycles. The smallest absolute Gasteiger partial charge is 0.330 e. The van der Waals surface area contributed by atoms with Gasteiger partial charge in [-0.2, -0.15) is 4.68 Å². The molecule has 3 heterocycles. The van der Waals surface area contributed by atoms with Crippen molar-refractivity contribution < 1.29 is 36.6 Å². The van der Waals surface area contributed by atoms with Gasteiger partial charge in [0, 0.05) is 12.0 Å². The van der Waals surface area contributed by atoms with Crippen LogP contribution in [0.3, 0.4) is 0 Å². The number of esters is 1. The minimum Gasteiger partial charge on any atom is -0.463 e. The average molecular weight is 693 g/mol. The summed E-state index contributed by atoms with van der Waals surface area (Å²) >= 11 is 0. The first-order valence-corrected chi connectivity index (χ1v) is 20.4. The van der Waals surface area contributed by atoms with Crippen molar-refractivity contribution in [1.82, 2.24) is 20.2 Å². The van der Waals surface area contributed by atoms with Crippen molar-refractivity contribution in [3.8, 4) is 5.69 Å². The number of fused-ring (bicyclic) bond motifs is 1. The van der Waals surface area contributed by atoms with E-state index in [2.05, 4.69) is 57.1 Å². The molecule has 0 saturated carbocycles. The molecule has 0 spiro atoms. The van der Waals surface area contributed by atoms with E-state index in [1.54, 1.807) is 31.2 Å². The number of para-hydroxylation sites is 1. The number of sulfone groups is 1. The molecule has 1 aromatic heterocycles. The number of hydrogen-bond donors (Lipinski definition) is 0. The highest BCUT2D eigenvalue weighted by Crippen LogP contribution is 2.47. The zero-order valence-electron chi connectivity index (χ0n) is 29.4. The number of nitrogens with zero attached hydrogens (tertiary/aromatic N) is 4. The second kappa shape index (κ2) is 15.0. The predicted octanol–water partition coefficient (Wildman–Crippen LogP) is 5.43. The SMILES string of the molecule is CCOC(=O)/C=C(\C)[C@@H](O[Si](C(C)C)(C(C)C)C(C)C)[C@@H]1OC[C@H](CCS(=O)(=O)c2nnnn2-c2ccccc2)[C@H]2OC(C)(C)O[C@H]21. The molecule has 2 fully saturated rings. The number of rotatable bonds is 14. The van der Waals surface area contributed by atoms with Crippen LogP contribution < -0.4 is 0 Å². The van der Waals surface area contributed by atoms with Gasteiger partial charge in [0.2, 0.25) is 18.2 Å². The van der Waals surface area contributed by atoms with Crippen LogP contribution in [0.1, 0.15) is 75.7 Å². The van der Waals surface area contributed by atoms with E-state index >= 15 is 0 Å². The molecule has 2 aliphatic heterocycles. The van der Waals surface area contributed by atoms with Gasteiger partial charge in [-0.15, -0.1) is 0 Å². The molecule has 14 heteroatoms. The van der Waals surface area contributed by atoms with Gasteiger partial charge in [0.25, 0.3) is 5.16 Å². The molecular formula is C33H52N4O8SSi. The van der Waals surface area contributed by atoms with Crippen molar-refractivity contribution in [1.29, 1.82) is 0 Å². The Balaban J connectivity index is 1.64. The van der Waals surface area contributed by atoms with E-state index in [0.29, 0.717) is 11.3 Å². The highest BCUT2D eigenvalue weighted by Gasteiger charge is 2.56. The number of benzene rings is 1. The molecule has 0 N–H and O–H groups in total. The van der Waals surface area contributed by atoms with Crippen LogP contribution in [0.4, 0.5) is 0 Å². The van der Waals surface area contributed by atoms with Crippen LogP contribution in [0.2, 0.25) is 16.6 Å². The Morgan fingerprint density at radius 1 is 1.06 bits per heavy atom. The lowest BCUT2D eigenvalue weighted by Gasteiger charge is -2.48. The first-order chi connectivity index (χ1) is 22.0. The topological polar surface area (TPSA) is 141 Å². The van der Waals surface area contributed by atoms with Gasteiger partial charge in [0.1, 0.15) is 12.2 Å². The monoisotopic (exact) mass is 692 g/mol. The van der Waals surface area contributed by atoms with Gasteiger partial charge in [0.05, 0.1) is 36.9 Å². The van der Waals surface area contributed by atoms with E-state index in [9.17, 15) is 13.2 Å². The Labute approximate surface area is 280 Å². The van der Waals surface area contributed by atoms with Crippen molar-refractivity contribution in [3.05, 3.63) is 42.0 Å². The van der Waals surface area contributed by atoms with Crippen molar-refractivity contribution in [2.24, 2.45) is 5.92 Å². The number of carbonyl (C=O) groups excluding carboxylic acids is 1. The molecule has 0 amide bonds. The van der Waals surface area contributed by atoms with Crippen LogP contribution in [-0.4, -0.2) is 92.1 Å². The van der Waals surface area contributed by atoms with Gasteiger partial charge in [-0.05, 0) is 78.9 Å². The third-order valence-electron chi connectivity index (χ3n) is 9.35. The van der Waals surface area contributed by atoms with Gasteiger partial charge < -0.3 is 23.4 Å². The van der Waals surface area contributed by atoms with Gasteiger partial charge in [0.15, 0.2) is 5.79 Å². The second-order valence-corrected chi connectivity index (χ2v) is 21.3. The first kappa shape index (κ1) is 37.3. The van der Waals surface area contributed by atoms with Gasteiger partial charge in [-0.25, -0.2) is 13.2 Å². The van der Waals surface area contributed by atoms with Crippen LogP contribution in [0.25, 0.3) is 5.69 Å². The molecule has 0 radical (unpaired) electrons. The maximum absolute atomic E-state index is 13.6. The van der Waals surface area contributed by atoms with Crippen molar-refractivity contribution >= 4 is 24.1 Å². The summed E-state index contributed by atoms with van der Waals surface area (Å²) in [4.78, 5) is 12.7. The third-order valence-corrected chi connectivity index (χ3v) is 17.0. The van der Waals surface area contributed by atoms with E-state index in [4.69, 9.17) is 23.4 Å². The van der Waals surface area contributed by atoms with E-state index < -0.39 is 54.3 Å². The zero-order valence-corrected chi connectivity index (χ0v) is 31.2. The largest absolute Gasteiger partial charge is 0.463 e. The highest BCUT2D eigenvalue weighted by atomic mass is 32.2. The second-order valence-electron chi connectivity index (χ2n) is 13.9. The zero-order chi connectivity index (χ0) is 34.7. The van der Waals surface area contributed by atoms with Gasteiger partial charge in [-0.3, -0.25) is 0 Å². The molecule has 262 valence electrons. The van der Waals surface area contributed by atoms with Gasteiger partial charge >= 0.3 is 5.97 Å². The van der Waals surface area contributed by atoms with E-state index in [-0.39, 0.29) is 53.1 Å². The Hall–Kier alpha value is -2.49. The molecule has 2 aliphatic rings. The average Bonchev–Trinajstić information content (AvgIpc) is 3.61. The van der Waals surface area contributed by atoms with Crippen molar-refractivity contribution in [3.63, 3.8) is 0 Å². The summed E-state index contributed by atoms with van der Waals surface area (Å²) in [7, 11) is -6.35. The summed E-state index contributed by atoms with van der Waals surface area (Å²) in [5.41, 5.74) is 2.08. The number of hydrogen-bond acceptors (Lipinski definition) is 11. The quantitative estimate of drug-likeness (QED) is 0.142. The molecule has 0 bridgehead atoms. The third kappa shape index (κ3) is 8.05. The Kier molecular flexibility index (Phi) is 11.9. The fraction of sp³-hybridized carbons (Fsp3) is 0.697. The maximum Gasteiger partial charge on any atom is 0.330 e. The number of tetrazole rings is 1. The van der Waals surface area contributed by atoms with E-state index in [1.807, 2.05) is 26.8 Å². The summed E-state index contributed by atoms with van der Waals surface area (Å²) in [6.07, 6.45) is -0.530. The molecule has 0 unspecified atom stereocenters. The lowest BCUT2D eigenvalue weighted by atomic mass is 9.87. The molecule has 1 aromatic carbocycles. The fourth-order valence-electron chi connectivity index (χ4n) is 7.37. The van der Waals surface area contributed by atoms with E-state index in [1.165, 1.54) is 10.8 Å². The number of ether oxygens (including phenoxy) is 4. The Morgan fingerprint density at radius 2 is 1.68 bits per heavy atom. The lowest BCUT2D eigenvalue weighted by molar-refractivity contribution is -0.164. The maximum atomic E-state index is 13.6. The van der Waals surface area contributed by atoms with Crippen molar-refractivity contribution in [2.75, 3.05) is 19.0 Å². The molecule has 47 heavy (non-hydrogen) atoms. The minimum atomic E-state index is -3.87. The lowest BCUT2D eigenvalue weighted by Crippen LogP contribution is -2.59. The standard InChI is InChI=1S/C33H52N4O8SSi/c1-11-41-27(38)19-24(8)28(45-47(21(2)3,22(4)5)23(6)7)30-31-29(43-33(9,10)44-31)25(20-42-30)17-18-46(39,40)32-34-35-36-37(32)26-15-13-12-14-16-26/h12-16,19,21-23,25,28-31H,11,17-18,20H2,1-10H3/b24-19+/t25-,28+,29+,30-,31+/m0/s1. The normalized spacial score (nSPS) is 24.1. The van der Waals surface area contributed by atoms with Crippen LogP contribution in [0.5, 0.6) is 0 Å². The predicted molar refractivity (Wildman–Crippen MR) is 179 cm³/mol. The fourth-order valence-corrected chi connectivity index (χ4v) is 14.3. The van der Waals surface area contributed by atoms with Crippen LogP contribution in [0.15, 0.2) is 47.1 Å². The molecule has 2 aromatic rings.